The van der Waals surface area contributed by atoms with Gasteiger partial charge in [0, 0.05) is 64.3 Å². The molecule has 0 spiro atoms. The highest BCUT2D eigenvalue weighted by atomic mass is 16.2. The van der Waals surface area contributed by atoms with Gasteiger partial charge in [0.2, 0.25) is 5.91 Å². The summed E-state index contributed by atoms with van der Waals surface area (Å²) in [5.41, 5.74) is 1.34. The van der Waals surface area contributed by atoms with Crippen LogP contribution >= 0.6 is 0 Å². The van der Waals surface area contributed by atoms with E-state index in [1.165, 1.54) is 0 Å². The molecule has 2 N–H and O–H groups in total. The van der Waals surface area contributed by atoms with Crippen LogP contribution in [0.4, 0.5) is 5.82 Å². The van der Waals surface area contributed by atoms with E-state index in [-0.39, 0.29) is 11.8 Å². The zero-order valence-corrected chi connectivity index (χ0v) is 20.2. The molecule has 2 aromatic heterocycles. The first kappa shape index (κ1) is 24.8. The lowest BCUT2D eigenvalue weighted by molar-refractivity contribution is -0.116. The number of piperidine rings is 1. The quantitative estimate of drug-likeness (QED) is 0.421. The fraction of sp³-hybridized carbons (Fsp3) is 0.500. The summed E-state index contributed by atoms with van der Waals surface area (Å²) in [6, 6.07) is 7.47. The standard InChI is InChI=1S/C26H35N7O2/c34-25(9-6-22-5-3-12-28-20-22)29-13-2-1-4-21-10-16-33(17-11-21)26(35)23-7-8-24(31-30-23)32-18-14-27-15-19-32/h3,5-9,12,20-21,27H,1-2,4,10-11,13-19H2,(H,29,34)/b9-6+. The Bertz CT molecular complexity index is 967. The van der Waals surface area contributed by atoms with Crippen molar-refractivity contribution in [3.63, 3.8) is 0 Å². The Morgan fingerprint density at radius 2 is 1.89 bits per heavy atom. The number of carbonyl (C=O) groups excluding carboxylic acids is 2. The molecule has 2 amide bonds. The molecule has 4 rings (SSSR count). The van der Waals surface area contributed by atoms with Crippen molar-refractivity contribution in [2.24, 2.45) is 5.92 Å². The van der Waals surface area contributed by atoms with Crippen LogP contribution in [0.3, 0.4) is 0 Å². The van der Waals surface area contributed by atoms with Crippen molar-refractivity contribution in [2.75, 3.05) is 50.7 Å². The molecule has 0 aromatic carbocycles. The number of anilines is 1. The van der Waals surface area contributed by atoms with Gasteiger partial charge in [-0.2, -0.15) is 0 Å². The fourth-order valence-corrected chi connectivity index (χ4v) is 4.56. The van der Waals surface area contributed by atoms with Gasteiger partial charge in [-0.05, 0) is 55.0 Å². The number of hydrogen-bond donors (Lipinski definition) is 2. The molecule has 2 aliphatic rings. The smallest absolute Gasteiger partial charge is 0.274 e. The van der Waals surface area contributed by atoms with E-state index in [1.54, 1.807) is 30.6 Å². The van der Waals surface area contributed by atoms with Crippen LogP contribution in [0.15, 0.2) is 42.7 Å². The molecule has 9 heteroatoms. The highest BCUT2D eigenvalue weighted by molar-refractivity contribution is 5.92. The molecule has 0 unspecified atom stereocenters. The van der Waals surface area contributed by atoms with Gasteiger partial charge in [0.25, 0.3) is 5.91 Å². The molecular weight excluding hydrogens is 442 g/mol. The van der Waals surface area contributed by atoms with Crippen LogP contribution in [0.25, 0.3) is 6.08 Å². The normalized spacial score (nSPS) is 17.0. The third kappa shape index (κ3) is 7.58. The van der Waals surface area contributed by atoms with E-state index in [1.807, 2.05) is 23.1 Å². The Labute approximate surface area is 207 Å². The minimum absolute atomic E-state index is 0.0233. The van der Waals surface area contributed by atoms with E-state index in [4.69, 9.17) is 0 Å². The number of piperazine rings is 1. The first-order valence-corrected chi connectivity index (χ1v) is 12.6. The van der Waals surface area contributed by atoms with Gasteiger partial charge in [0.1, 0.15) is 0 Å². The summed E-state index contributed by atoms with van der Waals surface area (Å²) < 4.78 is 0. The topological polar surface area (TPSA) is 103 Å². The molecule has 9 nitrogen and oxygen atoms in total. The molecule has 0 bridgehead atoms. The molecule has 0 radical (unpaired) electrons. The van der Waals surface area contributed by atoms with Crippen molar-refractivity contribution in [1.82, 2.24) is 30.7 Å². The van der Waals surface area contributed by atoms with Crippen LogP contribution in [0.5, 0.6) is 0 Å². The van der Waals surface area contributed by atoms with E-state index in [0.29, 0.717) is 18.2 Å². The molecule has 0 atom stereocenters. The highest BCUT2D eigenvalue weighted by Crippen LogP contribution is 2.23. The number of pyridine rings is 1. The second-order valence-corrected chi connectivity index (χ2v) is 9.16. The van der Waals surface area contributed by atoms with Crippen molar-refractivity contribution < 1.29 is 9.59 Å². The summed E-state index contributed by atoms with van der Waals surface area (Å²) in [6.45, 7) is 5.90. The summed E-state index contributed by atoms with van der Waals surface area (Å²) in [4.78, 5) is 32.9. The average Bonchev–Trinajstić information content (AvgIpc) is 2.93. The van der Waals surface area contributed by atoms with Crippen molar-refractivity contribution in [3.8, 4) is 0 Å². The number of rotatable bonds is 9. The Hall–Kier alpha value is -3.33. The Kier molecular flexibility index (Phi) is 9.17. The number of likely N-dealkylation sites (tertiary alicyclic amines) is 1. The number of unbranched alkanes of at least 4 members (excludes halogenated alkanes) is 1. The molecular formula is C26H35N7O2. The van der Waals surface area contributed by atoms with Crippen LogP contribution in [0, 0.1) is 5.92 Å². The third-order valence-corrected chi connectivity index (χ3v) is 6.66. The third-order valence-electron chi connectivity index (χ3n) is 6.66. The van der Waals surface area contributed by atoms with Gasteiger partial charge < -0.3 is 20.4 Å². The molecule has 2 aromatic rings. The Balaban J connectivity index is 1.10. The molecule has 0 saturated carbocycles. The maximum Gasteiger partial charge on any atom is 0.274 e. The minimum atomic E-state index is -0.0789. The minimum Gasteiger partial charge on any atom is -0.353 e. The lowest BCUT2D eigenvalue weighted by Gasteiger charge is -2.32. The summed E-state index contributed by atoms with van der Waals surface area (Å²) in [7, 11) is 0. The summed E-state index contributed by atoms with van der Waals surface area (Å²) >= 11 is 0. The summed E-state index contributed by atoms with van der Waals surface area (Å²) in [6.07, 6.45) is 11.9. The van der Waals surface area contributed by atoms with Gasteiger partial charge in [0.15, 0.2) is 11.5 Å². The maximum absolute atomic E-state index is 12.9. The predicted molar refractivity (Wildman–Crippen MR) is 136 cm³/mol. The van der Waals surface area contributed by atoms with Crippen molar-refractivity contribution in [2.45, 2.75) is 32.1 Å². The van der Waals surface area contributed by atoms with Gasteiger partial charge in [-0.3, -0.25) is 14.6 Å². The fourth-order valence-electron chi connectivity index (χ4n) is 4.56. The summed E-state index contributed by atoms with van der Waals surface area (Å²) in [5.74, 6) is 1.36. The second kappa shape index (κ2) is 12.9. The van der Waals surface area contributed by atoms with Crippen LogP contribution < -0.4 is 15.5 Å². The zero-order valence-electron chi connectivity index (χ0n) is 20.2. The number of nitrogens with one attached hydrogen (secondary N) is 2. The first-order valence-electron chi connectivity index (χ1n) is 12.6. The molecule has 2 aliphatic heterocycles. The van der Waals surface area contributed by atoms with Crippen LogP contribution in [-0.2, 0) is 4.79 Å². The van der Waals surface area contributed by atoms with E-state index >= 15 is 0 Å². The van der Waals surface area contributed by atoms with Gasteiger partial charge in [-0.25, -0.2) is 0 Å². The predicted octanol–water partition coefficient (Wildman–Crippen LogP) is 2.13. The molecule has 2 fully saturated rings. The first-order chi connectivity index (χ1) is 17.2. The molecule has 35 heavy (non-hydrogen) atoms. The number of hydrogen-bond acceptors (Lipinski definition) is 7. The van der Waals surface area contributed by atoms with E-state index in [2.05, 4.69) is 30.7 Å². The van der Waals surface area contributed by atoms with E-state index in [9.17, 15) is 9.59 Å². The monoisotopic (exact) mass is 477 g/mol. The lowest BCUT2D eigenvalue weighted by Crippen LogP contribution is -2.44. The number of carbonyl (C=O) groups is 2. The van der Waals surface area contributed by atoms with Crippen molar-refractivity contribution >= 4 is 23.7 Å². The number of nitrogens with zero attached hydrogens (tertiary/aromatic N) is 5. The van der Waals surface area contributed by atoms with E-state index < -0.39 is 0 Å². The Morgan fingerprint density at radius 1 is 1.06 bits per heavy atom. The SMILES string of the molecule is O=C(/C=C/c1cccnc1)NCCCCC1CCN(C(=O)c2ccc(N3CCNCC3)nn2)CC1. The molecule has 186 valence electrons. The Morgan fingerprint density at radius 3 is 2.60 bits per heavy atom. The van der Waals surface area contributed by atoms with Gasteiger partial charge in [-0.15, -0.1) is 10.2 Å². The van der Waals surface area contributed by atoms with Crippen LogP contribution in [-0.4, -0.2) is 77.7 Å². The molecule has 2 saturated heterocycles. The van der Waals surface area contributed by atoms with Crippen molar-refractivity contribution in [3.05, 3.63) is 54.0 Å². The number of aromatic nitrogens is 3. The highest BCUT2D eigenvalue weighted by Gasteiger charge is 2.24. The molecule has 4 heterocycles. The van der Waals surface area contributed by atoms with Gasteiger partial charge in [-0.1, -0.05) is 18.9 Å². The second-order valence-electron chi connectivity index (χ2n) is 9.16. The average molecular weight is 478 g/mol. The largest absolute Gasteiger partial charge is 0.353 e. The zero-order chi connectivity index (χ0) is 24.3. The van der Waals surface area contributed by atoms with Gasteiger partial charge in [0.05, 0.1) is 0 Å². The molecule has 0 aliphatic carbocycles. The van der Waals surface area contributed by atoms with Gasteiger partial charge >= 0.3 is 0 Å². The van der Waals surface area contributed by atoms with Crippen LogP contribution in [0.1, 0.15) is 48.2 Å². The number of amides is 2. The maximum atomic E-state index is 12.9. The summed E-state index contributed by atoms with van der Waals surface area (Å²) in [5, 5.41) is 14.8. The van der Waals surface area contributed by atoms with Crippen molar-refractivity contribution in [1.29, 1.82) is 0 Å². The van der Waals surface area contributed by atoms with E-state index in [0.717, 1.165) is 82.8 Å². The van der Waals surface area contributed by atoms with Crippen LogP contribution in [0.2, 0.25) is 0 Å². The lowest BCUT2D eigenvalue weighted by atomic mass is 9.91.